The first-order valence-corrected chi connectivity index (χ1v) is 9.87. The molecule has 0 atom stereocenters. The van der Waals surface area contributed by atoms with Crippen LogP contribution in [0.4, 0.5) is 0 Å². The van der Waals surface area contributed by atoms with Crippen LogP contribution in [0, 0.1) is 0 Å². The SMILES string of the molecule is O=C(OCc1cccc(Cl)c1)c1cccc(-c2nnn(Cc3cccc(Cl)c3)n2)c1. The Kier molecular flexibility index (Phi) is 6.07. The third kappa shape index (κ3) is 5.03. The van der Waals surface area contributed by atoms with E-state index in [4.69, 9.17) is 27.9 Å². The summed E-state index contributed by atoms with van der Waals surface area (Å²) in [6.45, 7) is 0.576. The summed E-state index contributed by atoms with van der Waals surface area (Å²) in [4.78, 5) is 13.9. The lowest BCUT2D eigenvalue weighted by atomic mass is 10.1. The number of carbonyl (C=O) groups excluding carboxylic acids is 1. The fourth-order valence-corrected chi connectivity index (χ4v) is 3.29. The molecule has 0 saturated heterocycles. The van der Waals surface area contributed by atoms with Crippen LogP contribution in [0.25, 0.3) is 11.4 Å². The molecule has 8 heteroatoms. The first-order valence-electron chi connectivity index (χ1n) is 9.11. The zero-order valence-electron chi connectivity index (χ0n) is 15.7. The summed E-state index contributed by atoms with van der Waals surface area (Å²) in [5.41, 5.74) is 2.85. The first-order chi connectivity index (χ1) is 14.6. The van der Waals surface area contributed by atoms with Gasteiger partial charge < -0.3 is 4.74 Å². The summed E-state index contributed by atoms with van der Waals surface area (Å²) in [5.74, 6) is -0.0235. The van der Waals surface area contributed by atoms with Crippen molar-refractivity contribution in [3.63, 3.8) is 0 Å². The third-order valence-electron chi connectivity index (χ3n) is 4.28. The fraction of sp³-hybridized carbons (Fsp3) is 0.0909. The van der Waals surface area contributed by atoms with E-state index in [9.17, 15) is 4.79 Å². The quantitative estimate of drug-likeness (QED) is 0.393. The number of nitrogens with zero attached hydrogens (tertiary/aromatic N) is 4. The van der Waals surface area contributed by atoms with E-state index in [0.717, 1.165) is 11.1 Å². The summed E-state index contributed by atoms with van der Waals surface area (Å²) in [6.07, 6.45) is 0. The van der Waals surface area contributed by atoms with Crippen molar-refractivity contribution in [3.8, 4) is 11.4 Å². The van der Waals surface area contributed by atoms with Gasteiger partial charge in [-0.15, -0.1) is 10.2 Å². The molecule has 0 aliphatic carbocycles. The van der Waals surface area contributed by atoms with E-state index in [2.05, 4.69) is 15.4 Å². The predicted molar refractivity (Wildman–Crippen MR) is 114 cm³/mol. The van der Waals surface area contributed by atoms with Crippen molar-refractivity contribution in [2.45, 2.75) is 13.2 Å². The van der Waals surface area contributed by atoms with Crippen LogP contribution in [0.1, 0.15) is 21.5 Å². The lowest BCUT2D eigenvalue weighted by molar-refractivity contribution is 0.0473. The molecule has 0 saturated carbocycles. The van der Waals surface area contributed by atoms with E-state index in [1.54, 1.807) is 30.3 Å². The highest BCUT2D eigenvalue weighted by Crippen LogP contribution is 2.18. The van der Waals surface area contributed by atoms with Gasteiger partial charge in [-0.25, -0.2) is 4.79 Å². The zero-order valence-corrected chi connectivity index (χ0v) is 17.2. The molecule has 0 aliphatic heterocycles. The van der Waals surface area contributed by atoms with Crippen LogP contribution >= 0.6 is 23.2 Å². The van der Waals surface area contributed by atoms with Gasteiger partial charge in [0.15, 0.2) is 0 Å². The van der Waals surface area contributed by atoms with E-state index in [1.165, 1.54) is 4.80 Å². The van der Waals surface area contributed by atoms with Crippen molar-refractivity contribution in [1.29, 1.82) is 0 Å². The molecule has 0 fully saturated rings. The second-order valence-corrected chi connectivity index (χ2v) is 7.43. The average Bonchev–Trinajstić information content (AvgIpc) is 3.21. The highest BCUT2D eigenvalue weighted by molar-refractivity contribution is 6.30. The Morgan fingerprint density at radius 1 is 0.900 bits per heavy atom. The second-order valence-electron chi connectivity index (χ2n) is 6.56. The molecule has 4 rings (SSSR count). The molecule has 0 aliphatic rings. The van der Waals surface area contributed by atoms with Crippen LogP contribution < -0.4 is 0 Å². The van der Waals surface area contributed by atoms with E-state index < -0.39 is 5.97 Å². The summed E-state index contributed by atoms with van der Waals surface area (Å²) in [5, 5.41) is 13.8. The maximum absolute atomic E-state index is 12.4. The maximum atomic E-state index is 12.4. The smallest absolute Gasteiger partial charge is 0.338 e. The van der Waals surface area contributed by atoms with Crippen molar-refractivity contribution in [1.82, 2.24) is 20.2 Å². The van der Waals surface area contributed by atoms with Crippen LogP contribution in [0.5, 0.6) is 0 Å². The molecule has 0 radical (unpaired) electrons. The van der Waals surface area contributed by atoms with E-state index >= 15 is 0 Å². The minimum Gasteiger partial charge on any atom is -0.457 e. The Balaban J connectivity index is 1.45. The molecule has 3 aromatic carbocycles. The normalized spacial score (nSPS) is 10.7. The Hall–Kier alpha value is -3.22. The van der Waals surface area contributed by atoms with Crippen molar-refractivity contribution in [2.75, 3.05) is 0 Å². The van der Waals surface area contributed by atoms with Gasteiger partial charge in [-0.3, -0.25) is 0 Å². The van der Waals surface area contributed by atoms with Gasteiger partial charge in [-0.2, -0.15) is 4.80 Å². The van der Waals surface area contributed by atoms with Crippen molar-refractivity contribution >= 4 is 29.2 Å². The molecule has 0 unspecified atom stereocenters. The van der Waals surface area contributed by atoms with Gasteiger partial charge in [0.05, 0.1) is 12.1 Å². The van der Waals surface area contributed by atoms with E-state index in [1.807, 2.05) is 42.5 Å². The Morgan fingerprint density at radius 3 is 2.37 bits per heavy atom. The number of esters is 1. The molecule has 6 nitrogen and oxygen atoms in total. The minimum atomic E-state index is -0.442. The minimum absolute atomic E-state index is 0.137. The molecule has 150 valence electrons. The average molecular weight is 439 g/mol. The Morgan fingerprint density at radius 2 is 1.60 bits per heavy atom. The molecule has 0 amide bonds. The number of ether oxygens (including phenoxy) is 1. The van der Waals surface area contributed by atoms with Crippen molar-refractivity contribution in [3.05, 3.63) is 99.5 Å². The van der Waals surface area contributed by atoms with Gasteiger partial charge >= 0.3 is 5.97 Å². The van der Waals surface area contributed by atoms with Gasteiger partial charge in [0.25, 0.3) is 0 Å². The number of aromatic nitrogens is 4. The van der Waals surface area contributed by atoms with Crippen LogP contribution in [0.15, 0.2) is 72.8 Å². The van der Waals surface area contributed by atoms with Crippen LogP contribution in [0.2, 0.25) is 10.0 Å². The number of halogens is 2. The number of benzene rings is 3. The molecule has 30 heavy (non-hydrogen) atoms. The lowest BCUT2D eigenvalue weighted by Crippen LogP contribution is -2.05. The van der Waals surface area contributed by atoms with Crippen LogP contribution in [-0.2, 0) is 17.9 Å². The predicted octanol–water partition coefficient (Wildman–Crippen LogP) is 5.05. The lowest BCUT2D eigenvalue weighted by Gasteiger charge is -2.06. The molecule has 1 heterocycles. The van der Waals surface area contributed by atoms with Crippen LogP contribution in [-0.4, -0.2) is 26.2 Å². The van der Waals surface area contributed by atoms with Gasteiger partial charge in [0.1, 0.15) is 6.61 Å². The third-order valence-corrected chi connectivity index (χ3v) is 4.75. The summed E-state index contributed by atoms with van der Waals surface area (Å²) in [6, 6.07) is 21.6. The van der Waals surface area contributed by atoms with Crippen molar-refractivity contribution < 1.29 is 9.53 Å². The number of rotatable bonds is 6. The summed E-state index contributed by atoms with van der Waals surface area (Å²) < 4.78 is 5.38. The highest BCUT2D eigenvalue weighted by atomic mass is 35.5. The summed E-state index contributed by atoms with van der Waals surface area (Å²) in [7, 11) is 0. The molecule has 1 aromatic heterocycles. The first kappa shape index (κ1) is 20.1. The Bertz CT molecular complexity index is 1190. The molecule has 0 N–H and O–H groups in total. The maximum Gasteiger partial charge on any atom is 0.338 e. The van der Waals surface area contributed by atoms with Gasteiger partial charge in [0.2, 0.25) is 5.82 Å². The van der Waals surface area contributed by atoms with Gasteiger partial charge in [-0.05, 0) is 52.7 Å². The molecule has 0 bridgehead atoms. The number of tetrazole rings is 1. The van der Waals surface area contributed by atoms with Crippen LogP contribution in [0.3, 0.4) is 0 Å². The van der Waals surface area contributed by atoms with Gasteiger partial charge in [-0.1, -0.05) is 59.6 Å². The number of carbonyl (C=O) groups is 1. The monoisotopic (exact) mass is 438 g/mol. The highest BCUT2D eigenvalue weighted by Gasteiger charge is 2.12. The second kappa shape index (κ2) is 9.07. The number of hydrogen-bond acceptors (Lipinski definition) is 5. The molecule has 0 spiro atoms. The van der Waals surface area contributed by atoms with Gasteiger partial charge in [0, 0.05) is 15.6 Å². The molecular formula is C22H16Cl2N4O2. The summed E-state index contributed by atoms with van der Waals surface area (Å²) >= 11 is 12.0. The van der Waals surface area contributed by atoms with E-state index in [0.29, 0.717) is 33.5 Å². The topological polar surface area (TPSA) is 69.9 Å². The van der Waals surface area contributed by atoms with Crippen molar-refractivity contribution in [2.24, 2.45) is 0 Å². The Labute approximate surface area is 183 Å². The zero-order chi connectivity index (χ0) is 20.9. The number of hydrogen-bond donors (Lipinski definition) is 0. The molecule has 4 aromatic rings. The fourth-order valence-electron chi connectivity index (χ4n) is 2.87. The largest absolute Gasteiger partial charge is 0.457 e. The standard InChI is InChI=1S/C22H16Cl2N4O2/c23-19-8-1-4-15(10-19)13-28-26-21(25-27-28)17-6-3-7-18(12-17)22(29)30-14-16-5-2-9-20(24)11-16/h1-12H,13-14H2. The molecular weight excluding hydrogens is 423 g/mol. The van der Waals surface area contributed by atoms with E-state index in [-0.39, 0.29) is 6.61 Å².